The largest absolute Gasteiger partial charge is 0.496 e. The molecule has 9 heteroatoms. The second kappa shape index (κ2) is 12.0. The van der Waals surface area contributed by atoms with Gasteiger partial charge in [0.2, 0.25) is 15.9 Å². The minimum atomic E-state index is -3.52. The molecular weight excluding hydrogens is 466 g/mol. The quantitative estimate of drug-likeness (QED) is 0.538. The molecule has 8 nitrogen and oxygen atoms in total. The second-order valence-electron chi connectivity index (χ2n) is 9.02. The fraction of sp³-hybridized carbons (Fsp3) is 0.500. The monoisotopic (exact) mass is 501 g/mol. The third-order valence-electron chi connectivity index (χ3n) is 6.67. The van der Waals surface area contributed by atoms with Crippen LogP contribution in [0.4, 0.5) is 0 Å². The van der Waals surface area contributed by atoms with Gasteiger partial charge in [-0.3, -0.25) is 9.69 Å². The fourth-order valence-electron chi connectivity index (χ4n) is 4.60. The molecule has 0 bridgehead atoms. The molecular formula is C26H35N3O5S. The van der Waals surface area contributed by atoms with Gasteiger partial charge in [0.15, 0.2) is 0 Å². The summed E-state index contributed by atoms with van der Waals surface area (Å²) in [5.41, 5.74) is 3.02. The van der Waals surface area contributed by atoms with Crippen LogP contribution in [0.2, 0.25) is 0 Å². The molecule has 2 saturated heterocycles. The minimum absolute atomic E-state index is 0.0824. The number of benzene rings is 2. The maximum atomic E-state index is 13.0. The number of sulfonamides is 1. The Kier molecular flexibility index (Phi) is 8.78. The Balaban J connectivity index is 1.36. The molecule has 2 aromatic rings. The molecule has 1 N–H and O–H groups in total. The van der Waals surface area contributed by atoms with Gasteiger partial charge in [0, 0.05) is 45.7 Å². The number of aryl methyl sites for hydroxylation is 1. The van der Waals surface area contributed by atoms with E-state index >= 15 is 0 Å². The van der Waals surface area contributed by atoms with E-state index in [1.807, 2.05) is 18.2 Å². The SMILES string of the molecule is COc1ccc(S(=O)(=O)N2CCCC2)cc1CCC(=O)NCc1ccccc1CN1CCOCC1. The van der Waals surface area contributed by atoms with E-state index in [0.29, 0.717) is 31.8 Å². The summed E-state index contributed by atoms with van der Waals surface area (Å²) in [7, 11) is -1.97. The van der Waals surface area contributed by atoms with E-state index in [-0.39, 0.29) is 17.2 Å². The molecule has 2 heterocycles. The Bertz CT molecular complexity index is 1110. The Morgan fingerprint density at radius 2 is 1.71 bits per heavy atom. The van der Waals surface area contributed by atoms with Crippen LogP contribution in [0.1, 0.15) is 36.0 Å². The summed E-state index contributed by atoms with van der Waals surface area (Å²) in [5, 5.41) is 3.02. The summed E-state index contributed by atoms with van der Waals surface area (Å²) in [6.45, 7) is 5.74. The molecule has 4 rings (SSSR count). The molecule has 0 aromatic heterocycles. The molecule has 0 saturated carbocycles. The zero-order chi connectivity index (χ0) is 24.7. The van der Waals surface area contributed by atoms with Gasteiger partial charge in [0.25, 0.3) is 0 Å². The zero-order valence-corrected chi connectivity index (χ0v) is 21.2. The molecule has 0 unspecified atom stereocenters. The van der Waals surface area contributed by atoms with Crippen molar-refractivity contribution < 1.29 is 22.7 Å². The number of nitrogens with one attached hydrogen (secondary N) is 1. The maximum absolute atomic E-state index is 13.0. The number of hydrogen-bond donors (Lipinski definition) is 1. The standard InChI is InChI=1S/C26H35N3O5S/c1-33-25-10-9-24(35(31,32)29-12-4-5-13-29)18-21(25)8-11-26(30)27-19-22-6-2-3-7-23(22)20-28-14-16-34-17-15-28/h2-3,6-7,9-10,18H,4-5,8,11-17,19-20H2,1H3,(H,27,30). The highest BCUT2D eigenvalue weighted by molar-refractivity contribution is 7.89. The number of methoxy groups -OCH3 is 1. The fourth-order valence-corrected chi connectivity index (χ4v) is 6.17. The summed E-state index contributed by atoms with van der Waals surface area (Å²) in [5.74, 6) is 0.509. The van der Waals surface area contributed by atoms with Crippen LogP contribution in [-0.2, 0) is 39.1 Å². The van der Waals surface area contributed by atoms with Gasteiger partial charge in [-0.1, -0.05) is 24.3 Å². The molecule has 190 valence electrons. The Morgan fingerprint density at radius 1 is 1.00 bits per heavy atom. The van der Waals surface area contributed by atoms with E-state index in [1.54, 1.807) is 25.3 Å². The summed E-state index contributed by atoms with van der Waals surface area (Å²) in [6.07, 6.45) is 2.42. The number of nitrogens with zero attached hydrogens (tertiary/aromatic N) is 2. The van der Waals surface area contributed by atoms with Crippen molar-refractivity contribution in [3.05, 3.63) is 59.2 Å². The highest BCUT2D eigenvalue weighted by atomic mass is 32.2. The highest BCUT2D eigenvalue weighted by Gasteiger charge is 2.27. The van der Waals surface area contributed by atoms with Crippen LogP contribution in [0.3, 0.4) is 0 Å². The van der Waals surface area contributed by atoms with E-state index in [2.05, 4.69) is 16.3 Å². The first-order chi connectivity index (χ1) is 17.0. The number of amides is 1. The smallest absolute Gasteiger partial charge is 0.243 e. The van der Waals surface area contributed by atoms with E-state index in [9.17, 15) is 13.2 Å². The van der Waals surface area contributed by atoms with Crippen LogP contribution in [0.25, 0.3) is 0 Å². The summed E-state index contributed by atoms with van der Waals surface area (Å²) in [6, 6.07) is 13.1. The van der Waals surface area contributed by atoms with Gasteiger partial charge in [-0.05, 0) is 54.2 Å². The van der Waals surface area contributed by atoms with E-state index < -0.39 is 10.0 Å². The van der Waals surface area contributed by atoms with Crippen molar-refractivity contribution in [3.8, 4) is 5.75 Å². The topological polar surface area (TPSA) is 88.2 Å². The lowest BCUT2D eigenvalue weighted by Gasteiger charge is -2.27. The molecule has 2 aromatic carbocycles. The molecule has 2 fully saturated rings. The van der Waals surface area contributed by atoms with Crippen LogP contribution in [0, 0.1) is 0 Å². The summed E-state index contributed by atoms with van der Waals surface area (Å²) in [4.78, 5) is 15.3. The third-order valence-corrected chi connectivity index (χ3v) is 8.56. The minimum Gasteiger partial charge on any atom is -0.496 e. The third kappa shape index (κ3) is 6.61. The Hall–Kier alpha value is -2.46. The van der Waals surface area contributed by atoms with Crippen LogP contribution < -0.4 is 10.1 Å². The predicted octanol–water partition coefficient (Wildman–Crippen LogP) is 2.56. The van der Waals surface area contributed by atoms with Gasteiger partial charge in [-0.25, -0.2) is 8.42 Å². The summed E-state index contributed by atoms with van der Waals surface area (Å²) >= 11 is 0. The van der Waals surface area contributed by atoms with E-state index in [1.165, 1.54) is 9.87 Å². The van der Waals surface area contributed by atoms with Gasteiger partial charge >= 0.3 is 0 Å². The lowest BCUT2D eigenvalue weighted by molar-refractivity contribution is -0.121. The molecule has 1 amide bonds. The van der Waals surface area contributed by atoms with Crippen LogP contribution in [-0.4, -0.2) is 70.0 Å². The van der Waals surface area contributed by atoms with Gasteiger partial charge < -0.3 is 14.8 Å². The summed E-state index contributed by atoms with van der Waals surface area (Å²) < 4.78 is 38.3. The molecule has 0 atom stereocenters. The van der Waals surface area contributed by atoms with Gasteiger partial charge in [-0.2, -0.15) is 4.31 Å². The molecule has 2 aliphatic rings. The van der Waals surface area contributed by atoms with Crippen molar-refractivity contribution in [2.24, 2.45) is 0 Å². The first-order valence-electron chi connectivity index (χ1n) is 12.3. The average Bonchev–Trinajstić information content (AvgIpc) is 3.43. The molecule has 0 aliphatic carbocycles. The van der Waals surface area contributed by atoms with Crippen molar-refractivity contribution in [3.63, 3.8) is 0 Å². The van der Waals surface area contributed by atoms with Crippen molar-refractivity contribution in [1.29, 1.82) is 0 Å². The lowest BCUT2D eigenvalue weighted by atomic mass is 10.1. The van der Waals surface area contributed by atoms with E-state index in [0.717, 1.165) is 56.8 Å². The maximum Gasteiger partial charge on any atom is 0.243 e. The van der Waals surface area contributed by atoms with Crippen LogP contribution in [0.15, 0.2) is 47.4 Å². The first kappa shape index (κ1) is 25.6. The first-order valence-corrected chi connectivity index (χ1v) is 13.7. The van der Waals surface area contributed by atoms with Crippen molar-refractivity contribution in [2.45, 2.75) is 43.7 Å². The molecule has 2 aliphatic heterocycles. The van der Waals surface area contributed by atoms with Crippen molar-refractivity contribution >= 4 is 15.9 Å². The molecule has 35 heavy (non-hydrogen) atoms. The number of carbonyl (C=O) groups is 1. The van der Waals surface area contributed by atoms with Gasteiger partial charge in [0.1, 0.15) is 5.75 Å². The lowest BCUT2D eigenvalue weighted by Crippen LogP contribution is -2.36. The number of carbonyl (C=O) groups excluding carboxylic acids is 1. The van der Waals surface area contributed by atoms with Crippen molar-refractivity contribution in [2.75, 3.05) is 46.5 Å². The van der Waals surface area contributed by atoms with E-state index in [4.69, 9.17) is 9.47 Å². The number of hydrogen-bond acceptors (Lipinski definition) is 6. The average molecular weight is 502 g/mol. The highest BCUT2D eigenvalue weighted by Crippen LogP contribution is 2.27. The normalized spacial score (nSPS) is 17.4. The second-order valence-corrected chi connectivity index (χ2v) is 11.0. The molecule has 0 spiro atoms. The van der Waals surface area contributed by atoms with Crippen LogP contribution >= 0.6 is 0 Å². The predicted molar refractivity (Wildman–Crippen MR) is 134 cm³/mol. The van der Waals surface area contributed by atoms with Gasteiger partial charge in [-0.15, -0.1) is 0 Å². The number of morpholine rings is 1. The zero-order valence-electron chi connectivity index (χ0n) is 20.4. The number of rotatable bonds is 10. The Labute approximate surface area is 208 Å². The number of ether oxygens (including phenoxy) is 2. The van der Waals surface area contributed by atoms with Crippen LogP contribution in [0.5, 0.6) is 5.75 Å². The Morgan fingerprint density at radius 3 is 2.43 bits per heavy atom. The van der Waals surface area contributed by atoms with Gasteiger partial charge in [0.05, 0.1) is 25.2 Å². The molecule has 0 radical (unpaired) electrons. The van der Waals surface area contributed by atoms with Crippen molar-refractivity contribution in [1.82, 2.24) is 14.5 Å².